The van der Waals surface area contributed by atoms with Gasteiger partial charge in [0.15, 0.2) is 0 Å². The van der Waals surface area contributed by atoms with Crippen LogP contribution in [0.4, 0.5) is 0 Å². The van der Waals surface area contributed by atoms with Crippen LogP contribution in [0.25, 0.3) is 0 Å². The fraction of sp³-hybridized carbons (Fsp3) is 0.933. The first-order valence-electron chi connectivity index (χ1n) is 7.52. The molecule has 2 aliphatic carbocycles. The minimum atomic E-state index is 0.185. The van der Waals surface area contributed by atoms with E-state index in [0.717, 1.165) is 32.1 Å². The highest BCUT2D eigenvalue weighted by atomic mass is 16.2. The second-order valence-electron chi connectivity index (χ2n) is 6.98. The third-order valence-corrected chi connectivity index (χ3v) is 4.98. The second kappa shape index (κ2) is 5.60. The van der Waals surface area contributed by atoms with E-state index in [2.05, 4.69) is 19.2 Å². The molecule has 2 atom stereocenters. The number of nitrogens with two attached hydrogens (primary N) is 1. The molecule has 1 amide bonds. The van der Waals surface area contributed by atoms with Gasteiger partial charge in [-0.2, -0.15) is 0 Å². The normalized spacial score (nSPS) is 32.4. The summed E-state index contributed by atoms with van der Waals surface area (Å²) >= 11 is 0. The molecule has 0 unspecified atom stereocenters. The third-order valence-electron chi connectivity index (χ3n) is 4.98. The molecular formula is C15H28N2O. The molecule has 3 nitrogen and oxygen atoms in total. The van der Waals surface area contributed by atoms with Crippen molar-refractivity contribution in [2.24, 2.45) is 23.0 Å². The molecule has 0 heterocycles. The summed E-state index contributed by atoms with van der Waals surface area (Å²) in [7, 11) is 0. The van der Waals surface area contributed by atoms with Crippen LogP contribution in [0.5, 0.6) is 0 Å². The zero-order valence-electron chi connectivity index (χ0n) is 11.9. The molecule has 3 N–H and O–H groups in total. The molecule has 2 aliphatic rings. The Labute approximate surface area is 111 Å². The Balaban J connectivity index is 1.81. The van der Waals surface area contributed by atoms with Crippen LogP contribution in [-0.4, -0.2) is 18.5 Å². The van der Waals surface area contributed by atoms with Gasteiger partial charge in [-0.05, 0) is 56.4 Å². The topological polar surface area (TPSA) is 55.1 Å². The molecule has 104 valence electrons. The van der Waals surface area contributed by atoms with Crippen LogP contribution in [0.15, 0.2) is 0 Å². The molecule has 18 heavy (non-hydrogen) atoms. The lowest BCUT2D eigenvalue weighted by Crippen LogP contribution is -2.43. The number of carbonyl (C=O) groups is 1. The van der Waals surface area contributed by atoms with Crippen molar-refractivity contribution in [3.8, 4) is 0 Å². The van der Waals surface area contributed by atoms with E-state index in [1.54, 1.807) is 0 Å². The summed E-state index contributed by atoms with van der Waals surface area (Å²) in [5, 5.41) is 3.27. The molecule has 0 aliphatic heterocycles. The van der Waals surface area contributed by atoms with Crippen molar-refractivity contribution in [2.75, 3.05) is 6.54 Å². The second-order valence-corrected chi connectivity index (χ2v) is 6.98. The van der Waals surface area contributed by atoms with Gasteiger partial charge in [-0.25, -0.2) is 0 Å². The van der Waals surface area contributed by atoms with Crippen LogP contribution in [0.2, 0.25) is 0 Å². The fourth-order valence-corrected chi connectivity index (χ4v) is 3.52. The summed E-state index contributed by atoms with van der Waals surface area (Å²) in [4.78, 5) is 12.3. The minimum absolute atomic E-state index is 0.185. The van der Waals surface area contributed by atoms with Crippen molar-refractivity contribution >= 4 is 5.91 Å². The summed E-state index contributed by atoms with van der Waals surface area (Å²) in [5.74, 6) is 0.877. The highest BCUT2D eigenvalue weighted by molar-refractivity contribution is 5.79. The van der Waals surface area contributed by atoms with Crippen molar-refractivity contribution in [1.82, 2.24) is 5.32 Å². The fourth-order valence-electron chi connectivity index (χ4n) is 3.52. The standard InChI is InChI=1S/C15H28N2O/c1-15(2)8-6-12(7-9-15)17-14(18)13-5-3-4-11(13)10-16/h11-13H,3-10,16H2,1-2H3,(H,17,18)/t11-,13-/m1/s1. The van der Waals surface area contributed by atoms with Crippen molar-refractivity contribution in [1.29, 1.82) is 0 Å². The largest absolute Gasteiger partial charge is 0.353 e. The van der Waals surface area contributed by atoms with Gasteiger partial charge in [0.1, 0.15) is 0 Å². The van der Waals surface area contributed by atoms with E-state index in [0.29, 0.717) is 23.9 Å². The minimum Gasteiger partial charge on any atom is -0.353 e. The Morgan fingerprint density at radius 3 is 2.50 bits per heavy atom. The molecule has 0 spiro atoms. The van der Waals surface area contributed by atoms with Crippen LogP contribution in [0, 0.1) is 17.3 Å². The molecule has 3 heteroatoms. The molecule has 0 aromatic rings. The Morgan fingerprint density at radius 2 is 1.89 bits per heavy atom. The predicted octanol–water partition coefficient (Wildman–Crippen LogP) is 2.45. The maximum absolute atomic E-state index is 12.3. The molecule has 0 saturated heterocycles. The summed E-state index contributed by atoms with van der Waals surface area (Å²) < 4.78 is 0. The predicted molar refractivity (Wildman–Crippen MR) is 74.1 cm³/mol. The first-order valence-corrected chi connectivity index (χ1v) is 7.52. The first kappa shape index (κ1) is 13.9. The SMILES string of the molecule is CC1(C)CCC(NC(=O)[C@@H]2CCC[C@@H]2CN)CC1. The zero-order valence-corrected chi connectivity index (χ0v) is 11.9. The van der Waals surface area contributed by atoms with Crippen molar-refractivity contribution in [2.45, 2.75) is 64.8 Å². The van der Waals surface area contributed by atoms with E-state index in [1.165, 1.54) is 12.8 Å². The van der Waals surface area contributed by atoms with Gasteiger partial charge < -0.3 is 11.1 Å². The monoisotopic (exact) mass is 252 g/mol. The van der Waals surface area contributed by atoms with Gasteiger partial charge in [-0.15, -0.1) is 0 Å². The number of nitrogens with one attached hydrogen (secondary N) is 1. The molecule has 2 saturated carbocycles. The Bertz CT molecular complexity index is 291. The average molecular weight is 252 g/mol. The number of rotatable bonds is 3. The van der Waals surface area contributed by atoms with Gasteiger partial charge in [-0.3, -0.25) is 4.79 Å². The quantitative estimate of drug-likeness (QED) is 0.810. The number of hydrogen-bond donors (Lipinski definition) is 2. The van der Waals surface area contributed by atoms with E-state index in [1.807, 2.05) is 0 Å². The molecule has 2 rings (SSSR count). The first-order chi connectivity index (χ1) is 8.52. The lowest BCUT2D eigenvalue weighted by Gasteiger charge is -2.35. The Hall–Kier alpha value is -0.570. The van der Waals surface area contributed by atoms with E-state index in [9.17, 15) is 4.79 Å². The van der Waals surface area contributed by atoms with Crippen LogP contribution in [0.3, 0.4) is 0 Å². The summed E-state index contributed by atoms with van der Waals surface area (Å²) in [5.41, 5.74) is 6.22. The third kappa shape index (κ3) is 3.25. The van der Waals surface area contributed by atoms with E-state index in [4.69, 9.17) is 5.73 Å². The van der Waals surface area contributed by atoms with Gasteiger partial charge in [0, 0.05) is 12.0 Å². The summed E-state index contributed by atoms with van der Waals surface area (Å²) in [6.07, 6.45) is 8.05. The lowest BCUT2D eigenvalue weighted by atomic mass is 9.75. The van der Waals surface area contributed by atoms with Gasteiger partial charge in [0.25, 0.3) is 0 Å². The van der Waals surface area contributed by atoms with Crippen LogP contribution in [-0.2, 0) is 4.79 Å². The molecule has 0 bridgehead atoms. The number of hydrogen-bond acceptors (Lipinski definition) is 2. The van der Waals surface area contributed by atoms with Crippen LogP contribution >= 0.6 is 0 Å². The summed E-state index contributed by atoms with van der Waals surface area (Å²) in [6.45, 7) is 5.31. The Kier molecular flexibility index (Phi) is 4.31. The molecule has 0 aromatic carbocycles. The molecule has 2 fully saturated rings. The van der Waals surface area contributed by atoms with E-state index >= 15 is 0 Å². The maximum Gasteiger partial charge on any atom is 0.223 e. The smallest absolute Gasteiger partial charge is 0.223 e. The zero-order chi connectivity index (χ0) is 13.2. The van der Waals surface area contributed by atoms with Crippen LogP contribution < -0.4 is 11.1 Å². The molecule has 0 radical (unpaired) electrons. The van der Waals surface area contributed by atoms with E-state index in [-0.39, 0.29) is 11.8 Å². The molecule has 0 aromatic heterocycles. The number of amides is 1. The van der Waals surface area contributed by atoms with Gasteiger partial charge in [0.2, 0.25) is 5.91 Å². The van der Waals surface area contributed by atoms with Crippen molar-refractivity contribution < 1.29 is 4.79 Å². The van der Waals surface area contributed by atoms with Gasteiger partial charge in [0.05, 0.1) is 0 Å². The highest BCUT2D eigenvalue weighted by Crippen LogP contribution is 2.36. The average Bonchev–Trinajstić information content (AvgIpc) is 2.80. The highest BCUT2D eigenvalue weighted by Gasteiger charge is 2.34. The summed E-state index contributed by atoms with van der Waals surface area (Å²) in [6, 6.07) is 0.407. The Morgan fingerprint density at radius 1 is 1.22 bits per heavy atom. The maximum atomic E-state index is 12.3. The van der Waals surface area contributed by atoms with Crippen molar-refractivity contribution in [3.05, 3.63) is 0 Å². The lowest BCUT2D eigenvalue weighted by molar-refractivity contribution is -0.127. The molecular weight excluding hydrogens is 224 g/mol. The van der Waals surface area contributed by atoms with Crippen LogP contribution in [0.1, 0.15) is 58.8 Å². The number of carbonyl (C=O) groups excluding carboxylic acids is 1. The van der Waals surface area contributed by atoms with Gasteiger partial charge in [-0.1, -0.05) is 20.3 Å². The van der Waals surface area contributed by atoms with E-state index < -0.39 is 0 Å². The van der Waals surface area contributed by atoms with Crippen molar-refractivity contribution in [3.63, 3.8) is 0 Å². The van der Waals surface area contributed by atoms with Gasteiger partial charge >= 0.3 is 0 Å².